The number of nitrogens with one attached hydrogen (secondary N) is 1. The first-order valence-corrected chi connectivity index (χ1v) is 6.00. The van der Waals surface area contributed by atoms with Gasteiger partial charge >= 0.3 is 0 Å². The van der Waals surface area contributed by atoms with Crippen molar-refractivity contribution in [1.82, 2.24) is 25.2 Å². The first-order chi connectivity index (χ1) is 7.78. The van der Waals surface area contributed by atoms with Gasteiger partial charge in [-0.25, -0.2) is 0 Å². The van der Waals surface area contributed by atoms with Gasteiger partial charge in [-0.1, -0.05) is 5.21 Å². The minimum absolute atomic E-state index is 0.850. The lowest BCUT2D eigenvalue weighted by Crippen LogP contribution is -2.36. The number of nitrogens with zero attached hydrogens (tertiary/aromatic N) is 4. The summed E-state index contributed by atoms with van der Waals surface area (Å²) >= 11 is 0. The Morgan fingerprint density at radius 2 is 2.19 bits per heavy atom. The Balaban J connectivity index is 1.77. The largest absolute Gasteiger partial charge is 0.319 e. The van der Waals surface area contributed by atoms with Crippen molar-refractivity contribution in [2.24, 2.45) is 13.0 Å². The average molecular weight is 223 g/mol. The SMILES string of the molecule is CNCC1CCN(Cc2cn(C)nn2)CC1. The van der Waals surface area contributed by atoms with E-state index in [1.54, 1.807) is 4.68 Å². The Morgan fingerprint density at radius 1 is 1.44 bits per heavy atom. The summed E-state index contributed by atoms with van der Waals surface area (Å²) in [6.45, 7) is 4.46. The standard InChI is InChI=1S/C11H21N5/c1-12-7-10-3-5-16(6-4-10)9-11-8-15(2)14-13-11/h8,10,12H,3-7,9H2,1-2H3. The third kappa shape index (κ3) is 3.02. The van der Waals surface area contributed by atoms with Crippen LogP contribution in [0.1, 0.15) is 18.5 Å². The molecule has 0 aromatic carbocycles. The van der Waals surface area contributed by atoms with Crippen LogP contribution in [-0.4, -0.2) is 46.6 Å². The summed E-state index contributed by atoms with van der Waals surface area (Å²) in [6, 6.07) is 0. The number of hydrogen-bond acceptors (Lipinski definition) is 4. The average Bonchev–Trinajstić information content (AvgIpc) is 2.67. The molecule has 1 aliphatic heterocycles. The van der Waals surface area contributed by atoms with Crippen molar-refractivity contribution < 1.29 is 0 Å². The zero-order valence-corrected chi connectivity index (χ0v) is 10.2. The summed E-state index contributed by atoms with van der Waals surface area (Å²) in [5.74, 6) is 0.850. The van der Waals surface area contributed by atoms with E-state index in [0.717, 1.165) is 24.7 Å². The fourth-order valence-electron chi connectivity index (χ4n) is 2.33. The quantitative estimate of drug-likeness (QED) is 0.794. The molecule has 2 heterocycles. The van der Waals surface area contributed by atoms with Crippen LogP contribution in [0.25, 0.3) is 0 Å². The predicted molar refractivity (Wildman–Crippen MR) is 62.9 cm³/mol. The third-order valence-corrected chi connectivity index (χ3v) is 3.24. The van der Waals surface area contributed by atoms with Gasteiger partial charge in [-0.3, -0.25) is 9.58 Å². The van der Waals surface area contributed by atoms with E-state index in [0.29, 0.717) is 0 Å². The fraction of sp³-hybridized carbons (Fsp3) is 0.818. The van der Waals surface area contributed by atoms with Gasteiger partial charge in [-0.2, -0.15) is 0 Å². The minimum Gasteiger partial charge on any atom is -0.319 e. The molecule has 0 aliphatic carbocycles. The van der Waals surface area contributed by atoms with Crippen molar-refractivity contribution in [3.8, 4) is 0 Å². The highest BCUT2D eigenvalue weighted by atomic mass is 15.4. The van der Waals surface area contributed by atoms with Crippen molar-refractivity contribution in [1.29, 1.82) is 0 Å². The maximum Gasteiger partial charge on any atom is 0.0966 e. The molecule has 5 heteroatoms. The van der Waals surface area contributed by atoms with Gasteiger partial charge in [0.1, 0.15) is 0 Å². The Kier molecular flexibility index (Phi) is 3.90. The lowest BCUT2D eigenvalue weighted by molar-refractivity contribution is 0.175. The molecule has 0 saturated carbocycles. The van der Waals surface area contributed by atoms with Crippen LogP contribution in [0.5, 0.6) is 0 Å². The zero-order valence-electron chi connectivity index (χ0n) is 10.2. The number of piperidine rings is 1. The zero-order chi connectivity index (χ0) is 11.4. The Hall–Kier alpha value is -0.940. The molecule has 0 bridgehead atoms. The van der Waals surface area contributed by atoms with Gasteiger partial charge < -0.3 is 5.32 Å². The van der Waals surface area contributed by atoms with Crippen LogP contribution in [0, 0.1) is 5.92 Å². The summed E-state index contributed by atoms with van der Waals surface area (Å²) in [7, 11) is 3.95. The molecule has 0 radical (unpaired) electrons. The summed E-state index contributed by atoms with van der Waals surface area (Å²) in [6.07, 6.45) is 4.59. The van der Waals surface area contributed by atoms with E-state index in [4.69, 9.17) is 0 Å². The third-order valence-electron chi connectivity index (χ3n) is 3.24. The highest BCUT2D eigenvalue weighted by Crippen LogP contribution is 2.17. The van der Waals surface area contributed by atoms with Crippen LogP contribution in [0.15, 0.2) is 6.20 Å². The molecule has 5 nitrogen and oxygen atoms in total. The van der Waals surface area contributed by atoms with E-state index in [2.05, 4.69) is 20.5 Å². The van der Waals surface area contributed by atoms with E-state index in [-0.39, 0.29) is 0 Å². The topological polar surface area (TPSA) is 46.0 Å². The number of rotatable bonds is 4. The van der Waals surface area contributed by atoms with Gasteiger partial charge in [0.05, 0.1) is 5.69 Å². The molecule has 1 aliphatic rings. The second-order valence-electron chi connectivity index (χ2n) is 4.66. The van der Waals surface area contributed by atoms with Crippen molar-refractivity contribution in [3.63, 3.8) is 0 Å². The predicted octanol–water partition coefficient (Wildman–Crippen LogP) is 0.246. The van der Waals surface area contributed by atoms with Gasteiger partial charge in [-0.05, 0) is 45.4 Å². The molecular weight excluding hydrogens is 202 g/mol. The molecule has 0 unspecified atom stereocenters. The molecular formula is C11H21N5. The molecule has 90 valence electrons. The monoisotopic (exact) mass is 223 g/mol. The van der Waals surface area contributed by atoms with Crippen LogP contribution in [0.4, 0.5) is 0 Å². The number of aryl methyl sites for hydroxylation is 1. The molecule has 0 atom stereocenters. The molecule has 16 heavy (non-hydrogen) atoms. The van der Waals surface area contributed by atoms with Crippen molar-refractivity contribution in [3.05, 3.63) is 11.9 Å². The van der Waals surface area contributed by atoms with Crippen LogP contribution in [-0.2, 0) is 13.6 Å². The minimum atomic E-state index is 0.850. The van der Waals surface area contributed by atoms with Gasteiger partial charge in [0.15, 0.2) is 0 Å². The van der Waals surface area contributed by atoms with Crippen LogP contribution >= 0.6 is 0 Å². The van der Waals surface area contributed by atoms with Crippen molar-refractivity contribution >= 4 is 0 Å². The molecule has 1 N–H and O–H groups in total. The first-order valence-electron chi connectivity index (χ1n) is 6.00. The van der Waals surface area contributed by atoms with Gasteiger partial charge in [0, 0.05) is 19.8 Å². The second kappa shape index (κ2) is 5.41. The van der Waals surface area contributed by atoms with Crippen molar-refractivity contribution in [2.45, 2.75) is 19.4 Å². The van der Waals surface area contributed by atoms with E-state index in [1.165, 1.54) is 25.9 Å². The molecule has 2 rings (SSSR count). The lowest BCUT2D eigenvalue weighted by Gasteiger charge is -2.31. The Labute approximate surface area is 96.8 Å². The van der Waals surface area contributed by atoms with E-state index in [1.807, 2.05) is 20.3 Å². The van der Waals surface area contributed by atoms with E-state index in [9.17, 15) is 0 Å². The molecule has 1 saturated heterocycles. The van der Waals surface area contributed by atoms with Crippen LogP contribution < -0.4 is 5.32 Å². The summed E-state index contributed by atoms with van der Waals surface area (Å²) in [5, 5.41) is 11.3. The normalized spacial score (nSPS) is 19.1. The molecule has 0 amide bonds. The summed E-state index contributed by atoms with van der Waals surface area (Å²) in [5.41, 5.74) is 1.08. The van der Waals surface area contributed by atoms with Gasteiger partial charge in [0.2, 0.25) is 0 Å². The number of aromatic nitrogens is 3. The van der Waals surface area contributed by atoms with E-state index < -0.39 is 0 Å². The molecule has 0 spiro atoms. The smallest absolute Gasteiger partial charge is 0.0966 e. The van der Waals surface area contributed by atoms with Gasteiger partial charge in [-0.15, -0.1) is 5.10 Å². The lowest BCUT2D eigenvalue weighted by atomic mass is 9.97. The molecule has 1 fully saturated rings. The maximum absolute atomic E-state index is 4.12. The van der Waals surface area contributed by atoms with Crippen LogP contribution in [0.3, 0.4) is 0 Å². The fourth-order valence-corrected chi connectivity index (χ4v) is 2.33. The van der Waals surface area contributed by atoms with Gasteiger partial charge in [0.25, 0.3) is 0 Å². The summed E-state index contributed by atoms with van der Waals surface area (Å²) in [4.78, 5) is 2.47. The second-order valence-corrected chi connectivity index (χ2v) is 4.66. The molecule has 1 aromatic heterocycles. The highest BCUT2D eigenvalue weighted by molar-refractivity contribution is 4.92. The highest BCUT2D eigenvalue weighted by Gasteiger charge is 2.19. The van der Waals surface area contributed by atoms with Crippen molar-refractivity contribution in [2.75, 3.05) is 26.7 Å². The first kappa shape index (κ1) is 11.5. The molecule has 1 aromatic rings. The number of hydrogen-bond donors (Lipinski definition) is 1. The van der Waals surface area contributed by atoms with Crippen LogP contribution in [0.2, 0.25) is 0 Å². The number of likely N-dealkylation sites (tertiary alicyclic amines) is 1. The summed E-state index contributed by atoms with van der Waals surface area (Å²) < 4.78 is 1.77. The van der Waals surface area contributed by atoms with E-state index >= 15 is 0 Å². The Bertz CT molecular complexity index is 314. The maximum atomic E-state index is 4.12. The Morgan fingerprint density at radius 3 is 2.75 bits per heavy atom.